The standard InChI is InChI=1S/C29H28O6/c1-18-14-15-23(33-28(31)21-10-6-4-7-11-21)19(2)17-25-26(20(3)27(30)34-25)24(16-18)35-29(32)22-12-8-5-9-13-22/h4-13,16,23-26H,2-3,14-15,17H2,1H3/b18-16+/t23-,24-,25-,26-/m1/s1. The number of rotatable bonds is 4. The van der Waals surface area contributed by atoms with Crippen molar-refractivity contribution < 1.29 is 28.6 Å². The van der Waals surface area contributed by atoms with Gasteiger partial charge < -0.3 is 14.2 Å². The zero-order chi connectivity index (χ0) is 24.9. The molecule has 4 rings (SSSR count). The average molecular weight is 473 g/mol. The van der Waals surface area contributed by atoms with Crippen LogP contribution in [-0.4, -0.2) is 36.2 Å². The van der Waals surface area contributed by atoms with Gasteiger partial charge in [0.1, 0.15) is 18.3 Å². The van der Waals surface area contributed by atoms with Crippen LogP contribution < -0.4 is 0 Å². The fraction of sp³-hybridized carbons (Fsp3) is 0.276. The van der Waals surface area contributed by atoms with E-state index in [1.165, 1.54) is 0 Å². The largest absolute Gasteiger partial charge is 0.458 e. The Hall–Kier alpha value is -3.93. The molecule has 1 aliphatic carbocycles. The summed E-state index contributed by atoms with van der Waals surface area (Å²) in [5, 5.41) is 0. The van der Waals surface area contributed by atoms with E-state index in [-0.39, 0.29) is 12.0 Å². The molecule has 35 heavy (non-hydrogen) atoms. The molecule has 0 N–H and O–H groups in total. The second-order valence-corrected chi connectivity index (χ2v) is 8.90. The number of ether oxygens (including phenoxy) is 3. The second-order valence-electron chi connectivity index (χ2n) is 8.90. The first-order valence-corrected chi connectivity index (χ1v) is 11.6. The number of benzene rings is 2. The van der Waals surface area contributed by atoms with Crippen LogP contribution >= 0.6 is 0 Å². The maximum absolute atomic E-state index is 12.8. The lowest BCUT2D eigenvalue weighted by atomic mass is 9.84. The van der Waals surface area contributed by atoms with Gasteiger partial charge in [-0.05, 0) is 55.7 Å². The molecule has 2 aromatic rings. The Morgan fingerprint density at radius 2 is 1.49 bits per heavy atom. The van der Waals surface area contributed by atoms with Crippen LogP contribution in [0.1, 0.15) is 46.9 Å². The van der Waals surface area contributed by atoms with E-state index in [9.17, 15) is 14.4 Å². The lowest BCUT2D eigenvalue weighted by Crippen LogP contribution is -2.34. The van der Waals surface area contributed by atoms with Crippen LogP contribution in [0.15, 0.2) is 96.6 Å². The van der Waals surface area contributed by atoms with E-state index in [2.05, 4.69) is 13.2 Å². The van der Waals surface area contributed by atoms with Gasteiger partial charge in [0.05, 0.1) is 17.0 Å². The number of hydrogen-bond acceptors (Lipinski definition) is 6. The summed E-state index contributed by atoms with van der Waals surface area (Å²) in [6, 6.07) is 17.5. The van der Waals surface area contributed by atoms with Crippen molar-refractivity contribution in [3.05, 3.63) is 108 Å². The first kappa shape index (κ1) is 24.2. The van der Waals surface area contributed by atoms with Gasteiger partial charge in [-0.25, -0.2) is 14.4 Å². The fourth-order valence-corrected chi connectivity index (χ4v) is 4.43. The van der Waals surface area contributed by atoms with Crippen LogP contribution in [0, 0.1) is 5.92 Å². The maximum atomic E-state index is 12.8. The number of carbonyl (C=O) groups excluding carboxylic acids is 3. The van der Waals surface area contributed by atoms with Crippen LogP contribution in [0.5, 0.6) is 0 Å². The van der Waals surface area contributed by atoms with Crippen molar-refractivity contribution in [2.24, 2.45) is 5.92 Å². The summed E-state index contributed by atoms with van der Waals surface area (Å²) < 4.78 is 17.3. The molecule has 6 nitrogen and oxygen atoms in total. The Kier molecular flexibility index (Phi) is 7.30. The van der Waals surface area contributed by atoms with Crippen molar-refractivity contribution in [2.45, 2.75) is 44.5 Å². The van der Waals surface area contributed by atoms with Crippen LogP contribution in [0.2, 0.25) is 0 Å². The Bertz CT molecular complexity index is 1160. The zero-order valence-corrected chi connectivity index (χ0v) is 19.6. The third-order valence-corrected chi connectivity index (χ3v) is 6.36. The van der Waals surface area contributed by atoms with E-state index in [1.807, 2.05) is 25.1 Å². The molecule has 4 atom stereocenters. The van der Waals surface area contributed by atoms with Crippen LogP contribution in [0.3, 0.4) is 0 Å². The molecule has 1 fully saturated rings. The van der Waals surface area contributed by atoms with E-state index in [0.717, 1.165) is 5.57 Å². The number of hydrogen-bond donors (Lipinski definition) is 0. The fourth-order valence-electron chi connectivity index (χ4n) is 4.43. The molecule has 180 valence electrons. The molecule has 2 aliphatic rings. The third-order valence-electron chi connectivity index (χ3n) is 6.36. The smallest absolute Gasteiger partial charge is 0.338 e. The number of allylic oxidation sites excluding steroid dienone is 1. The monoisotopic (exact) mass is 472 g/mol. The molecule has 0 radical (unpaired) electrons. The van der Waals surface area contributed by atoms with Crippen LogP contribution in [0.4, 0.5) is 0 Å². The molecule has 1 heterocycles. The van der Waals surface area contributed by atoms with E-state index in [1.54, 1.807) is 48.5 Å². The highest BCUT2D eigenvalue weighted by atomic mass is 16.6. The summed E-state index contributed by atoms with van der Waals surface area (Å²) >= 11 is 0. The normalized spacial score (nSPS) is 26.1. The van der Waals surface area contributed by atoms with Crippen molar-refractivity contribution in [1.82, 2.24) is 0 Å². The Morgan fingerprint density at radius 3 is 2.09 bits per heavy atom. The first-order chi connectivity index (χ1) is 16.8. The number of fused-ring (bicyclic) bond motifs is 1. The van der Waals surface area contributed by atoms with Gasteiger partial charge in [-0.2, -0.15) is 0 Å². The molecule has 0 saturated carbocycles. The Labute approximate surface area is 204 Å². The van der Waals surface area contributed by atoms with Crippen molar-refractivity contribution >= 4 is 17.9 Å². The minimum absolute atomic E-state index is 0.246. The highest BCUT2D eigenvalue weighted by Gasteiger charge is 2.45. The predicted octanol–water partition coefficient (Wildman–Crippen LogP) is 5.22. The predicted molar refractivity (Wildman–Crippen MR) is 131 cm³/mol. The summed E-state index contributed by atoms with van der Waals surface area (Å²) in [6.45, 7) is 10.00. The quantitative estimate of drug-likeness (QED) is 0.263. The minimum atomic E-state index is -0.733. The molecular formula is C29H28O6. The molecule has 1 aliphatic heterocycles. The van der Waals surface area contributed by atoms with Gasteiger partial charge in [0, 0.05) is 12.0 Å². The van der Waals surface area contributed by atoms with Crippen molar-refractivity contribution in [2.75, 3.05) is 0 Å². The average Bonchev–Trinajstić information content (AvgIpc) is 3.14. The van der Waals surface area contributed by atoms with Gasteiger partial charge in [0.25, 0.3) is 0 Å². The van der Waals surface area contributed by atoms with E-state index < -0.39 is 42.1 Å². The summed E-state index contributed by atoms with van der Waals surface area (Å²) in [4.78, 5) is 38.0. The molecule has 0 spiro atoms. The molecule has 6 heteroatoms. The van der Waals surface area contributed by atoms with Gasteiger partial charge >= 0.3 is 17.9 Å². The summed E-state index contributed by atoms with van der Waals surface area (Å²) in [5.74, 6) is -2.03. The molecule has 0 aromatic heterocycles. The van der Waals surface area contributed by atoms with Crippen molar-refractivity contribution in [3.8, 4) is 0 Å². The minimum Gasteiger partial charge on any atom is -0.458 e. The molecule has 0 bridgehead atoms. The number of carbonyl (C=O) groups is 3. The topological polar surface area (TPSA) is 78.9 Å². The Balaban J connectivity index is 1.59. The lowest BCUT2D eigenvalue weighted by molar-refractivity contribution is -0.139. The third kappa shape index (κ3) is 5.60. The van der Waals surface area contributed by atoms with Gasteiger partial charge in [-0.15, -0.1) is 0 Å². The molecule has 1 saturated heterocycles. The van der Waals surface area contributed by atoms with Crippen molar-refractivity contribution in [3.63, 3.8) is 0 Å². The highest BCUT2D eigenvalue weighted by molar-refractivity contribution is 5.92. The van der Waals surface area contributed by atoms with Gasteiger partial charge in [0.15, 0.2) is 0 Å². The van der Waals surface area contributed by atoms with E-state index in [4.69, 9.17) is 14.2 Å². The molecule has 2 aromatic carbocycles. The maximum Gasteiger partial charge on any atom is 0.338 e. The summed E-state index contributed by atoms with van der Waals surface area (Å²) in [5.41, 5.74) is 2.68. The molecule has 0 unspecified atom stereocenters. The molecular weight excluding hydrogens is 444 g/mol. The first-order valence-electron chi connectivity index (χ1n) is 11.6. The number of esters is 3. The summed E-state index contributed by atoms with van der Waals surface area (Å²) in [7, 11) is 0. The Morgan fingerprint density at radius 1 is 0.914 bits per heavy atom. The van der Waals surface area contributed by atoms with Crippen LogP contribution in [0.25, 0.3) is 0 Å². The zero-order valence-electron chi connectivity index (χ0n) is 19.6. The van der Waals surface area contributed by atoms with Crippen molar-refractivity contribution in [1.29, 1.82) is 0 Å². The van der Waals surface area contributed by atoms with Crippen LogP contribution in [-0.2, 0) is 19.0 Å². The van der Waals surface area contributed by atoms with E-state index >= 15 is 0 Å². The summed E-state index contributed by atoms with van der Waals surface area (Å²) in [6.07, 6.45) is 1.26. The SMILES string of the molecule is C=C1C(=O)O[C@@H]2CC(=C)[C@H](OC(=O)c3ccccc3)CC/C(C)=C/[C@@H](OC(=O)c3ccccc3)[C@@H]12. The lowest BCUT2D eigenvalue weighted by Gasteiger charge is -2.29. The molecule has 0 amide bonds. The van der Waals surface area contributed by atoms with Gasteiger partial charge in [-0.1, -0.05) is 55.1 Å². The van der Waals surface area contributed by atoms with Gasteiger partial charge in [0.2, 0.25) is 0 Å². The highest BCUT2D eigenvalue weighted by Crippen LogP contribution is 2.38. The van der Waals surface area contributed by atoms with Gasteiger partial charge in [-0.3, -0.25) is 0 Å². The van der Waals surface area contributed by atoms with E-state index in [0.29, 0.717) is 29.5 Å². The second kappa shape index (κ2) is 10.6.